The molecule has 1 aliphatic heterocycles. The Hall–Kier alpha value is -2.34. The van der Waals surface area contributed by atoms with Crippen molar-refractivity contribution in [3.05, 3.63) is 36.0 Å². The molecule has 2 heterocycles. The highest BCUT2D eigenvalue weighted by Crippen LogP contribution is 2.19. The zero-order valence-electron chi connectivity index (χ0n) is 13.2. The molecular formula is C17H22N4O2. The Kier molecular flexibility index (Phi) is 4.62. The van der Waals surface area contributed by atoms with Gasteiger partial charge in [-0.15, -0.1) is 0 Å². The minimum atomic E-state index is -0.631. The predicted molar refractivity (Wildman–Crippen MR) is 88.8 cm³/mol. The predicted octanol–water partition coefficient (Wildman–Crippen LogP) is 1.04. The van der Waals surface area contributed by atoms with E-state index < -0.39 is 12.2 Å². The molecule has 2 amide bonds. The van der Waals surface area contributed by atoms with Crippen LogP contribution in [0.1, 0.15) is 25.3 Å². The molecule has 6 heteroatoms. The summed E-state index contributed by atoms with van der Waals surface area (Å²) in [5.41, 5.74) is 2.06. The SMILES string of the molecule is CCCCN[C@H]1NC(=O)[C@H](Cc2c[nH]c3ccccc23)NC1=O. The minimum absolute atomic E-state index is 0.149. The van der Waals surface area contributed by atoms with E-state index in [1.165, 1.54) is 0 Å². The third-order valence-corrected chi connectivity index (χ3v) is 4.16. The number of benzene rings is 1. The summed E-state index contributed by atoms with van der Waals surface area (Å²) < 4.78 is 0. The Labute approximate surface area is 135 Å². The summed E-state index contributed by atoms with van der Waals surface area (Å²) >= 11 is 0. The largest absolute Gasteiger partial charge is 0.361 e. The van der Waals surface area contributed by atoms with Gasteiger partial charge in [-0.05, 0) is 24.6 Å². The van der Waals surface area contributed by atoms with Crippen LogP contribution < -0.4 is 16.0 Å². The summed E-state index contributed by atoms with van der Waals surface area (Å²) in [5.74, 6) is -0.325. The summed E-state index contributed by atoms with van der Waals surface area (Å²) in [5, 5.41) is 9.72. The molecule has 0 spiro atoms. The van der Waals surface area contributed by atoms with Gasteiger partial charge in [0, 0.05) is 23.5 Å². The van der Waals surface area contributed by atoms with E-state index in [9.17, 15) is 9.59 Å². The Bertz CT molecular complexity index is 709. The molecule has 1 aromatic heterocycles. The van der Waals surface area contributed by atoms with E-state index in [4.69, 9.17) is 0 Å². The van der Waals surface area contributed by atoms with Gasteiger partial charge in [0.05, 0.1) is 0 Å². The molecule has 1 aromatic carbocycles. The maximum absolute atomic E-state index is 12.3. The summed E-state index contributed by atoms with van der Waals surface area (Å²) in [6.07, 6.45) is 3.75. The Morgan fingerprint density at radius 2 is 1.96 bits per heavy atom. The lowest BCUT2D eigenvalue weighted by atomic mass is 10.0. The number of hydrogen-bond acceptors (Lipinski definition) is 3. The summed E-state index contributed by atoms with van der Waals surface area (Å²) in [6.45, 7) is 2.79. The van der Waals surface area contributed by atoms with E-state index in [0.717, 1.165) is 29.3 Å². The molecular weight excluding hydrogens is 292 g/mol. The first kappa shape index (κ1) is 15.6. The quantitative estimate of drug-likeness (QED) is 0.601. The van der Waals surface area contributed by atoms with Crippen LogP contribution in [0.5, 0.6) is 0 Å². The molecule has 4 N–H and O–H groups in total. The van der Waals surface area contributed by atoms with Crippen molar-refractivity contribution < 1.29 is 9.59 Å². The fourth-order valence-electron chi connectivity index (χ4n) is 2.86. The Morgan fingerprint density at radius 3 is 2.78 bits per heavy atom. The van der Waals surface area contributed by atoms with E-state index in [1.807, 2.05) is 30.5 Å². The molecule has 0 aliphatic carbocycles. The van der Waals surface area contributed by atoms with Gasteiger partial charge >= 0.3 is 0 Å². The highest BCUT2D eigenvalue weighted by molar-refractivity contribution is 5.97. The second-order valence-corrected chi connectivity index (χ2v) is 5.87. The van der Waals surface area contributed by atoms with Crippen molar-refractivity contribution in [2.45, 2.75) is 38.4 Å². The average molecular weight is 314 g/mol. The first-order chi connectivity index (χ1) is 11.2. The van der Waals surface area contributed by atoms with Crippen LogP contribution in [0.15, 0.2) is 30.5 Å². The standard InChI is InChI=1S/C17H22N4O2/c1-2-3-8-18-15-17(23)20-14(16(22)21-15)9-11-10-19-13-7-5-4-6-12(11)13/h4-7,10,14-15,18-19H,2-3,8-9H2,1H3,(H,20,23)(H,21,22)/t14-,15-/m0/s1. The van der Waals surface area contributed by atoms with E-state index in [0.29, 0.717) is 13.0 Å². The summed E-state index contributed by atoms with van der Waals surface area (Å²) in [4.78, 5) is 27.6. The van der Waals surface area contributed by atoms with E-state index in [1.54, 1.807) is 0 Å². The van der Waals surface area contributed by atoms with E-state index in [2.05, 4.69) is 27.9 Å². The molecule has 1 saturated heterocycles. The Morgan fingerprint density at radius 1 is 1.13 bits per heavy atom. The lowest BCUT2D eigenvalue weighted by Crippen LogP contribution is -2.66. The molecule has 2 atom stereocenters. The molecule has 1 aliphatic rings. The third-order valence-electron chi connectivity index (χ3n) is 4.16. The molecule has 0 saturated carbocycles. The number of H-pyrrole nitrogens is 1. The minimum Gasteiger partial charge on any atom is -0.361 e. The smallest absolute Gasteiger partial charge is 0.258 e. The fourth-order valence-corrected chi connectivity index (χ4v) is 2.86. The maximum Gasteiger partial charge on any atom is 0.258 e. The molecule has 0 unspecified atom stereocenters. The highest BCUT2D eigenvalue weighted by Gasteiger charge is 2.33. The average Bonchev–Trinajstić information content (AvgIpc) is 2.95. The number of carbonyl (C=O) groups excluding carboxylic acids is 2. The zero-order chi connectivity index (χ0) is 16.2. The second-order valence-electron chi connectivity index (χ2n) is 5.87. The van der Waals surface area contributed by atoms with Gasteiger partial charge in [-0.3, -0.25) is 14.9 Å². The number of aromatic amines is 1. The summed E-state index contributed by atoms with van der Waals surface area (Å²) in [7, 11) is 0. The van der Waals surface area contributed by atoms with Crippen LogP contribution in [-0.4, -0.2) is 35.6 Å². The zero-order valence-corrected chi connectivity index (χ0v) is 13.2. The lowest BCUT2D eigenvalue weighted by molar-refractivity contribution is -0.137. The van der Waals surface area contributed by atoms with Crippen LogP contribution in [-0.2, 0) is 16.0 Å². The number of unbranched alkanes of at least 4 members (excludes halogenated alkanes) is 1. The summed E-state index contributed by atoms with van der Waals surface area (Å²) in [6, 6.07) is 7.40. The van der Waals surface area contributed by atoms with Crippen LogP contribution in [0, 0.1) is 0 Å². The van der Waals surface area contributed by atoms with Gasteiger partial charge < -0.3 is 15.6 Å². The van der Waals surface area contributed by atoms with Gasteiger partial charge in [0.15, 0.2) is 6.17 Å². The number of fused-ring (bicyclic) bond motifs is 1. The monoisotopic (exact) mass is 314 g/mol. The van der Waals surface area contributed by atoms with Crippen molar-refractivity contribution in [2.24, 2.45) is 0 Å². The van der Waals surface area contributed by atoms with Crippen molar-refractivity contribution in [3.63, 3.8) is 0 Å². The molecule has 122 valence electrons. The van der Waals surface area contributed by atoms with Crippen LogP contribution in [0.4, 0.5) is 0 Å². The van der Waals surface area contributed by atoms with Gasteiger partial charge in [-0.1, -0.05) is 31.5 Å². The lowest BCUT2D eigenvalue weighted by Gasteiger charge is -2.30. The van der Waals surface area contributed by atoms with Gasteiger partial charge in [0.25, 0.3) is 5.91 Å². The molecule has 2 aromatic rings. The number of piperazine rings is 1. The Balaban J connectivity index is 1.66. The number of aromatic nitrogens is 1. The van der Waals surface area contributed by atoms with Crippen LogP contribution in [0.2, 0.25) is 0 Å². The maximum atomic E-state index is 12.3. The van der Waals surface area contributed by atoms with Gasteiger partial charge in [-0.2, -0.15) is 0 Å². The number of nitrogens with one attached hydrogen (secondary N) is 4. The topological polar surface area (TPSA) is 86.0 Å². The molecule has 0 bridgehead atoms. The molecule has 3 rings (SSSR count). The van der Waals surface area contributed by atoms with Crippen molar-refractivity contribution in [3.8, 4) is 0 Å². The first-order valence-corrected chi connectivity index (χ1v) is 8.08. The third kappa shape index (κ3) is 3.37. The highest BCUT2D eigenvalue weighted by atomic mass is 16.2. The van der Waals surface area contributed by atoms with Gasteiger partial charge in [0.2, 0.25) is 5.91 Å². The van der Waals surface area contributed by atoms with Crippen LogP contribution in [0.25, 0.3) is 10.9 Å². The second kappa shape index (κ2) is 6.83. The molecule has 0 radical (unpaired) electrons. The van der Waals surface area contributed by atoms with Gasteiger partial charge in [0.1, 0.15) is 6.04 Å². The van der Waals surface area contributed by atoms with Crippen molar-refractivity contribution >= 4 is 22.7 Å². The molecule has 6 nitrogen and oxygen atoms in total. The van der Waals surface area contributed by atoms with E-state index >= 15 is 0 Å². The molecule has 23 heavy (non-hydrogen) atoms. The van der Waals surface area contributed by atoms with Gasteiger partial charge in [-0.25, -0.2) is 0 Å². The number of rotatable bonds is 6. The van der Waals surface area contributed by atoms with Crippen LogP contribution >= 0.6 is 0 Å². The van der Waals surface area contributed by atoms with Crippen LogP contribution in [0.3, 0.4) is 0 Å². The number of para-hydroxylation sites is 1. The van der Waals surface area contributed by atoms with E-state index in [-0.39, 0.29) is 11.8 Å². The number of carbonyl (C=O) groups is 2. The number of hydrogen-bond donors (Lipinski definition) is 4. The first-order valence-electron chi connectivity index (χ1n) is 8.08. The normalized spacial score (nSPS) is 21.3. The van der Waals surface area contributed by atoms with Crippen molar-refractivity contribution in [2.75, 3.05) is 6.54 Å². The fraction of sp³-hybridized carbons (Fsp3) is 0.412. The van der Waals surface area contributed by atoms with Crippen molar-refractivity contribution in [1.82, 2.24) is 20.9 Å². The molecule has 1 fully saturated rings. The van der Waals surface area contributed by atoms with Crippen molar-refractivity contribution in [1.29, 1.82) is 0 Å². The number of amides is 2.